The zero-order valence-corrected chi connectivity index (χ0v) is 11.5. The van der Waals surface area contributed by atoms with Gasteiger partial charge in [0, 0.05) is 23.6 Å². The maximum atomic E-state index is 12.6. The lowest BCUT2D eigenvalue weighted by molar-refractivity contribution is -0.137. The van der Waals surface area contributed by atoms with Gasteiger partial charge in [-0.25, -0.2) is 0 Å². The van der Waals surface area contributed by atoms with E-state index >= 15 is 0 Å². The van der Waals surface area contributed by atoms with Gasteiger partial charge in [-0.3, -0.25) is 4.79 Å². The minimum absolute atomic E-state index is 0.0175. The van der Waals surface area contributed by atoms with Crippen molar-refractivity contribution in [3.63, 3.8) is 0 Å². The molecular weight excluding hydrogens is 325 g/mol. The fraction of sp³-hybridized carbons (Fsp3) is 0.417. The molecule has 0 radical (unpaired) electrons. The summed E-state index contributed by atoms with van der Waals surface area (Å²) in [5, 5.41) is 0. The van der Waals surface area contributed by atoms with E-state index in [4.69, 9.17) is 5.73 Å². The van der Waals surface area contributed by atoms with Gasteiger partial charge in [0.2, 0.25) is 0 Å². The molecule has 1 aliphatic rings. The van der Waals surface area contributed by atoms with Crippen LogP contribution in [-0.4, -0.2) is 29.9 Å². The lowest BCUT2D eigenvalue weighted by atomic mass is 10.1. The maximum absolute atomic E-state index is 12.6. The average Bonchev–Trinajstić information content (AvgIpc) is 2.74. The standard InChI is InChI=1S/C12H12BrF3N2O/c13-10-2-1-7(12(14,15)16)5-9(10)11(19)18-4-3-8(17)6-18/h1-2,5,8H,3-4,6,17H2. The quantitative estimate of drug-likeness (QED) is 0.856. The molecule has 1 aromatic rings. The van der Waals surface area contributed by atoms with Crippen molar-refractivity contribution < 1.29 is 18.0 Å². The number of likely N-dealkylation sites (tertiary alicyclic amines) is 1. The number of hydrogen-bond donors (Lipinski definition) is 1. The number of hydrogen-bond acceptors (Lipinski definition) is 2. The first-order chi connectivity index (χ1) is 8.79. The van der Waals surface area contributed by atoms with Gasteiger partial charge in [0.25, 0.3) is 5.91 Å². The van der Waals surface area contributed by atoms with Crippen molar-refractivity contribution in [3.05, 3.63) is 33.8 Å². The van der Waals surface area contributed by atoms with Crippen molar-refractivity contribution in [2.75, 3.05) is 13.1 Å². The van der Waals surface area contributed by atoms with E-state index in [1.165, 1.54) is 11.0 Å². The summed E-state index contributed by atoms with van der Waals surface area (Å²) >= 11 is 3.11. The Morgan fingerprint density at radius 3 is 2.63 bits per heavy atom. The highest BCUT2D eigenvalue weighted by Crippen LogP contribution is 2.32. The summed E-state index contributed by atoms with van der Waals surface area (Å²) in [4.78, 5) is 13.6. The molecule has 1 fully saturated rings. The molecule has 3 nitrogen and oxygen atoms in total. The number of alkyl halides is 3. The average molecular weight is 337 g/mol. The van der Waals surface area contributed by atoms with Gasteiger partial charge in [0.05, 0.1) is 11.1 Å². The van der Waals surface area contributed by atoms with Crippen LogP contribution in [0.15, 0.2) is 22.7 Å². The number of halogens is 4. The summed E-state index contributed by atoms with van der Waals surface area (Å²) in [5.74, 6) is -0.425. The van der Waals surface area contributed by atoms with Crippen molar-refractivity contribution in [2.45, 2.75) is 18.6 Å². The Morgan fingerprint density at radius 1 is 1.42 bits per heavy atom. The van der Waals surface area contributed by atoms with Crippen LogP contribution in [-0.2, 0) is 6.18 Å². The third kappa shape index (κ3) is 3.09. The van der Waals surface area contributed by atoms with Crippen LogP contribution in [0.4, 0.5) is 13.2 Å². The van der Waals surface area contributed by atoms with Crippen LogP contribution in [0.2, 0.25) is 0 Å². The summed E-state index contributed by atoms with van der Waals surface area (Å²) in [5.41, 5.74) is 4.88. The first-order valence-electron chi connectivity index (χ1n) is 5.70. The number of nitrogens with zero attached hydrogens (tertiary/aromatic N) is 1. The summed E-state index contributed by atoms with van der Waals surface area (Å²) in [6.07, 6.45) is -3.79. The highest BCUT2D eigenvalue weighted by molar-refractivity contribution is 9.10. The summed E-state index contributed by atoms with van der Waals surface area (Å²) in [7, 11) is 0. The van der Waals surface area contributed by atoms with Crippen molar-refractivity contribution in [2.24, 2.45) is 5.73 Å². The fourth-order valence-electron chi connectivity index (χ4n) is 2.01. The van der Waals surface area contributed by atoms with Crippen molar-refractivity contribution in [3.8, 4) is 0 Å². The monoisotopic (exact) mass is 336 g/mol. The Hall–Kier alpha value is -1.08. The van der Waals surface area contributed by atoms with E-state index in [9.17, 15) is 18.0 Å². The molecule has 2 rings (SSSR count). The SMILES string of the molecule is NC1CCN(C(=O)c2cc(C(F)(F)F)ccc2Br)C1. The van der Waals surface area contributed by atoms with Crippen molar-refractivity contribution in [1.82, 2.24) is 4.90 Å². The van der Waals surface area contributed by atoms with Crippen molar-refractivity contribution >= 4 is 21.8 Å². The molecule has 7 heteroatoms. The van der Waals surface area contributed by atoms with Crippen LogP contribution in [0.5, 0.6) is 0 Å². The lowest BCUT2D eigenvalue weighted by Crippen LogP contribution is -2.32. The molecule has 1 heterocycles. The van der Waals surface area contributed by atoms with Gasteiger partial charge in [-0.2, -0.15) is 13.2 Å². The highest BCUT2D eigenvalue weighted by atomic mass is 79.9. The van der Waals surface area contributed by atoms with E-state index in [0.29, 0.717) is 24.0 Å². The lowest BCUT2D eigenvalue weighted by Gasteiger charge is -2.17. The molecule has 0 aromatic heterocycles. The van der Waals surface area contributed by atoms with E-state index in [1.807, 2.05) is 0 Å². The van der Waals surface area contributed by atoms with Gasteiger partial charge in [0.15, 0.2) is 0 Å². The number of nitrogens with two attached hydrogens (primary N) is 1. The van der Waals surface area contributed by atoms with Gasteiger partial charge < -0.3 is 10.6 Å². The van der Waals surface area contributed by atoms with E-state index < -0.39 is 17.6 Å². The summed E-state index contributed by atoms with van der Waals surface area (Å²) in [6.45, 7) is 0.851. The largest absolute Gasteiger partial charge is 0.416 e. The number of carbonyl (C=O) groups excluding carboxylic acids is 1. The molecule has 104 valence electrons. The first-order valence-corrected chi connectivity index (χ1v) is 6.50. The van der Waals surface area contributed by atoms with Crippen LogP contribution in [0.1, 0.15) is 22.3 Å². The predicted molar refractivity (Wildman–Crippen MR) is 67.6 cm³/mol. The number of carbonyl (C=O) groups is 1. The fourth-order valence-corrected chi connectivity index (χ4v) is 2.42. The molecule has 0 aliphatic carbocycles. The third-order valence-corrected chi connectivity index (χ3v) is 3.73. The third-order valence-electron chi connectivity index (χ3n) is 3.04. The Labute approximate surface area is 116 Å². The van der Waals surface area contributed by atoms with E-state index in [-0.39, 0.29) is 11.6 Å². The van der Waals surface area contributed by atoms with Gasteiger partial charge in [-0.1, -0.05) is 0 Å². The Kier molecular flexibility index (Phi) is 3.87. The number of rotatable bonds is 1. The van der Waals surface area contributed by atoms with E-state index in [0.717, 1.165) is 12.1 Å². The highest BCUT2D eigenvalue weighted by Gasteiger charge is 2.33. The molecule has 1 atom stereocenters. The molecule has 1 saturated heterocycles. The predicted octanol–water partition coefficient (Wildman–Crippen LogP) is 2.64. The van der Waals surface area contributed by atoms with Crippen LogP contribution >= 0.6 is 15.9 Å². The van der Waals surface area contributed by atoms with Crippen molar-refractivity contribution in [1.29, 1.82) is 0 Å². The molecule has 1 amide bonds. The molecule has 1 aromatic carbocycles. The molecule has 1 aliphatic heterocycles. The van der Waals surface area contributed by atoms with Crippen LogP contribution in [0.25, 0.3) is 0 Å². The van der Waals surface area contributed by atoms with E-state index in [1.54, 1.807) is 0 Å². The molecule has 1 unspecified atom stereocenters. The van der Waals surface area contributed by atoms with Crippen LogP contribution in [0, 0.1) is 0 Å². The first kappa shape index (κ1) is 14.3. The van der Waals surface area contributed by atoms with Gasteiger partial charge in [0.1, 0.15) is 0 Å². The summed E-state index contributed by atoms with van der Waals surface area (Å²) in [6, 6.07) is 2.95. The molecule has 0 bridgehead atoms. The molecule has 2 N–H and O–H groups in total. The normalized spacial score (nSPS) is 19.8. The maximum Gasteiger partial charge on any atom is 0.416 e. The molecular formula is C12H12BrF3N2O. The zero-order chi connectivity index (χ0) is 14.2. The Balaban J connectivity index is 2.31. The number of amides is 1. The number of benzene rings is 1. The second-order valence-corrected chi connectivity index (χ2v) is 5.35. The minimum atomic E-state index is -4.46. The second kappa shape index (κ2) is 5.13. The van der Waals surface area contributed by atoms with Gasteiger partial charge in [-0.15, -0.1) is 0 Å². The van der Waals surface area contributed by atoms with E-state index in [2.05, 4.69) is 15.9 Å². The zero-order valence-electron chi connectivity index (χ0n) is 9.88. The topological polar surface area (TPSA) is 46.3 Å². The van der Waals surface area contributed by atoms with Gasteiger partial charge >= 0.3 is 6.18 Å². The second-order valence-electron chi connectivity index (χ2n) is 4.49. The molecule has 0 saturated carbocycles. The van der Waals surface area contributed by atoms with Gasteiger partial charge in [-0.05, 0) is 40.5 Å². The van der Waals surface area contributed by atoms with Crippen LogP contribution < -0.4 is 5.73 Å². The smallest absolute Gasteiger partial charge is 0.337 e. The molecule has 0 spiro atoms. The summed E-state index contributed by atoms with van der Waals surface area (Å²) < 4.78 is 38.3. The minimum Gasteiger partial charge on any atom is -0.337 e. The molecule has 19 heavy (non-hydrogen) atoms. The Morgan fingerprint density at radius 2 is 2.11 bits per heavy atom. The Bertz CT molecular complexity index is 504. The van der Waals surface area contributed by atoms with Crippen LogP contribution in [0.3, 0.4) is 0 Å².